The summed E-state index contributed by atoms with van der Waals surface area (Å²) in [4.78, 5) is 0. The zero-order valence-corrected chi connectivity index (χ0v) is 9.06. The molecule has 1 fully saturated rings. The standard InChI is InChI=1S/C13H15NO2/c14-10-5-6-15-12(8-10)13-7-9-3-1-2-4-11(9)16-13/h1-4,7,10,12H,5-6,8,14H2. The highest BCUT2D eigenvalue weighted by atomic mass is 16.5. The fourth-order valence-corrected chi connectivity index (χ4v) is 2.18. The molecule has 1 aromatic heterocycles. The number of fused-ring (bicyclic) bond motifs is 1. The van der Waals surface area contributed by atoms with E-state index in [1.54, 1.807) is 0 Å². The lowest BCUT2D eigenvalue weighted by molar-refractivity contribution is -0.00506. The van der Waals surface area contributed by atoms with Crippen LogP contribution in [0.5, 0.6) is 0 Å². The average Bonchev–Trinajstić information content (AvgIpc) is 2.72. The molecule has 0 spiro atoms. The molecule has 0 radical (unpaired) electrons. The molecule has 0 amide bonds. The molecule has 3 heteroatoms. The molecule has 1 saturated heterocycles. The highest BCUT2D eigenvalue weighted by molar-refractivity contribution is 5.77. The highest BCUT2D eigenvalue weighted by Crippen LogP contribution is 2.31. The van der Waals surface area contributed by atoms with E-state index in [1.807, 2.05) is 24.3 Å². The van der Waals surface area contributed by atoms with Crippen LogP contribution in [0.15, 0.2) is 34.7 Å². The number of furan rings is 1. The smallest absolute Gasteiger partial charge is 0.134 e. The van der Waals surface area contributed by atoms with Gasteiger partial charge in [0.05, 0.1) is 0 Å². The Morgan fingerprint density at radius 3 is 2.94 bits per heavy atom. The van der Waals surface area contributed by atoms with Crippen LogP contribution in [-0.2, 0) is 4.74 Å². The van der Waals surface area contributed by atoms with Gasteiger partial charge in [-0.3, -0.25) is 0 Å². The maximum atomic E-state index is 5.94. The van der Waals surface area contributed by atoms with E-state index < -0.39 is 0 Å². The molecule has 0 saturated carbocycles. The molecule has 1 aromatic carbocycles. The molecule has 3 nitrogen and oxygen atoms in total. The van der Waals surface area contributed by atoms with Crippen LogP contribution in [0.1, 0.15) is 24.7 Å². The van der Waals surface area contributed by atoms with Gasteiger partial charge in [-0.1, -0.05) is 18.2 Å². The van der Waals surface area contributed by atoms with E-state index in [9.17, 15) is 0 Å². The monoisotopic (exact) mass is 217 g/mol. The Hall–Kier alpha value is -1.32. The molecule has 2 unspecified atom stereocenters. The molecule has 1 aliphatic heterocycles. The van der Waals surface area contributed by atoms with Crippen LogP contribution in [0.3, 0.4) is 0 Å². The van der Waals surface area contributed by atoms with Gasteiger partial charge < -0.3 is 14.9 Å². The highest BCUT2D eigenvalue weighted by Gasteiger charge is 2.24. The van der Waals surface area contributed by atoms with Gasteiger partial charge in [-0.05, 0) is 25.0 Å². The summed E-state index contributed by atoms with van der Waals surface area (Å²) in [6.07, 6.45) is 1.81. The van der Waals surface area contributed by atoms with Crippen LogP contribution in [0.4, 0.5) is 0 Å². The quantitative estimate of drug-likeness (QED) is 0.798. The number of para-hydroxylation sites is 1. The Morgan fingerprint density at radius 1 is 1.25 bits per heavy atom. The van der Waals surface area contributed by atoms with Gasteiger partial charge in [-0.15, -0.1) is 0 Å². The molecule has 16 heavy (non-hydrogen) atoms. The third-order valence-electron chi connectivity index (χ3n) is 3.09. The Labute approximate surface area is 94.2 Å². The third-order valence-corrected chi connectivity index (χ3v) is 3.09. The van der Waals surface area contributed by atoms with Crippen LogP contribution in [0.2, 0.25) is 0 Å². The summed E-state index contributed by atoms with van der Waals surface area (Å²) in [5.41, 5.74) is 6.85. The van der Waals surface area contributed by atoms with Crippen molar-refractivity contribution in [3.05, 3.63) is 36.1 Å². The summed E-state index contributed by atoms with van der Waals surface area (Å²) < 4.78 is 11.5. The number of ether oxygens (including phenoxy) is 1. The molecule has 3 rings (SSSR count). The lowest BCUT2D eigenvalue weighted by atomic mass is 10.0. The fraction of sp³-hybridized carbons (Fsp3) is 0.385. The first-order valence-electron chi connectivity index (χ1n) is 5.68. The van der Waals surface area contributed by atoms with Gasteiger partial charge in [0.25, 0.3) is 0 Å². The minimum atomic E-state index is 0.0242. The average molecular weight is 217 g/mol. The van der Waals surface area contributed by atoms with Gasteiger partial charge in [0.2, 0.25) is 0 Å². The molecular weight excluding hydrogens is 202 g/mol. The summed E-state index contributed by atoms with van der Waals surface area (Å²) in [5, 5.41) is 1.13. The van der Waals surface area contributed by atoms with Gasteiger partial charge in [0.1, 0.15) is 17.4 Å². The van der Waals surface area contributed by atoms with Gasteiger partial charge in [-0.25, -0.2) is 0 Å². The van der Waals surface area contributed by atoms with Crippen LogP contribution in [0, 0.1) is 0 Å². The van der Waals surface area contributed by atoms with Crippen LogP contribution in [0.25, 0.3) is 11.0 Å². The summed E-state index contributed by atoms with van der Waals surface area (Å²) >= 11 is 0. The second kappa shape index (κ2) is 3.92. The van der Waals surface area contributed by atoms with E-state index in [0.717, 1.165) is 36.2 Å². The van der Waals surface area contributed by atoms with E-state index in [2.05, 4.69) is 6.07 Å². The lowest BCUT2D eigenvalue weighted by Crippen LogP contribution is -2.30. The van der Waals surface area contributed by atoms with E-state index >= 15 is 0 Å². The second-order valence-electron chi connectivity index (χ2n) is 4.33. The first kappa shape index (κ1) is 9.87. The second-order valence-corrected chi connectivity index (χ2v) is 4.33. The SMILES string of the molecule is NC1CCOC(c2cc3ccccc3o2)C1. The zero-order valence-electron chi connectivity index (χ0n) is 9.06. The summed E-state index contributed by atoms with van der Waals surface area (Å²) in [6.45, 7) is 0.725. The Bertz CT molecular complexity index is 458. The molecule has 1 aliphatic rings. The van der Waals surface area contributed by atoms with Crippen molar-refractivity contribution in [1.82, 2.24) is 0 Å². The number of nitrogens with two attached hydrogens (primary N) is 1. The fourth-order valence-electron chi connectivity index (χ4n) is 2.18. The van der Waals surface area contributed by atoms with Gasteiger partial charge in [0.15, 0.2) is 0 Å². The predicted octanol–water partition coefficient (Wildman–Crippen LogP) is 2.61. The number of hydrogen-bond acceptors (Lipinski definition) is 3. The minimum Gasteiger partial charge on any atom is -0.458 e. The summed E-state index contributed by atoms with van der Waals surface area (Å²) in [7, 11) is 0. The molecule has 0 aliphatic carbocycles. The van der Waals surface area contributed by atoms with E-state index in [0.29, 0.717) is 0 Å². The summed E-state index contributed by atoms with van der Waals surface area (Å²) in [6, 6.07) is 10.3. The largest absolute Gasteiger partial charge is 0.458 e. The van der Waals surface area contributed by atoms with Crippen molar-refractivity contribution in [3.63, 3.8) is 0 Å². The molecule has 2 atom stereocenters. The zero-order chi connectivity index (χ0) is 11.0. The van der Waals surface area contributed by atoms with Crippen molar-refractivity contribution in [2.75, 3.05) is 6.61 Å². The number of benzene rings is 1. The predicted molar refractivity (Wildman–Crippen MR) is 62.1 cm³/mol. The molecule has 0 bridgehead atoms. The van der Waals surface area contributed by atoms with Gasteiger partial charge in [0, 0.05) is 18.0 Å². The van der Waals surface area contributed by atoms with Crippen molar-refractivity contribution in [3.8, 4) is 0 Å². The topological polar surface area (TPSA) is 48.4 Å². The number of rotatable bonds is 1. The minimum absolute atomic E-state index is 0.0242. The Kier molecular flexibility index (Phi) is 2.42. The maximum absolute atomic E-state index is 5.94. The normalized spacial score (nSPS) is 26.1. The van der Waals surface area contributed by atoms with Gasteiger partial charge >= 0.3 is 0 Å². The lowest BCUT2D eigenvalue weighted by Gasteiger charge is -2.25. The molecular formula is C13H15NO2. The van der Waals surface area contributed by atoms with Crippen LogP contribution < -0.4 is 5.73 Å². The maximum Gasteiger partial charge on any atom is 0.134 e. The van der Waals surface area contributed by atoms with Crippen LogP contribution in [-0.4, -0.2) is 12.6 Å². The molecule has 2 aromatic rings. The van der Waals surface area contributed by atoms with Crippen molar-refractivity contribution >= 4 is 11.0 Å². The summed E-state index contributed by atoms with van der Waals surface area (Å²) in [5.74, 6) is 0.899. The molecule has 2 N–H and O–H groups in total. The van der Waals surface area contributed by atoms with E-state index in [-0.39, 0.29) is 12.1 Å². The van der Waals surface area contributed by atoms with Crippen molar-refractivity contribution in [2.24, 2.45) is 5.73 Å². The Morgan fingerprint density at radius 2 is 2.12 bits per heavy atom. The first-order chi connectivity index (χ1) is 7.83. The Balaban J connectivity index is 1.93. The van der Waals surface area contributed by atoms with Crippen molar-refractivity contribution in [1.29, 1.82) is 0 Å². The van der Waals surface area contributed by atoms with E-state index in [4.69, 9.17) is 14.9 Å². The third kappa shape index (κ3) is 1.72. The molecule has 84 valence electrons. The molecule has 2 heterocycles. The van der Waals surface area contributed by atoms with Crippen LogP contribution >= 0.6 is 0 Å². The van der Waals surface area contributed by atoms with Crippen molar-refractivity contribution in [2.45, 2.75) is 25.0 Å². The number of hydrogen-bond donors (Lipinski definition) is 1. The van der Waals surface area contributed by atoms with Crippen molar-refractivity contribution < 1.29 is 9.15 Å². The first-order valence-corrected chi connectivity index (χ1v) is 5.68. The van der Waals surface area contributed by atoms with E-state index in [1.165, 1.54) is 0 Å². The van der Waals surface area contributed by atoms with Gasteiger partial charge in [-0.2, -0.15) is 0 Å².